The van der Waals surface area contributed by atoms with Crippen LogP contribution in [0.4, 0.5) is 0 Å². The largest absolute Gasteiger partial charge is 0.490 e. The second kappa shape index (κ2) is 22.9. The van der Waals surface area contributed by atoms with Crippen molar-refractivity contribution in [3.63, 3.8) is 0 Å². The SMILES string of the molecule is CCCCCCCCCCCCc1ccc(OCC(COP(O)OCCC[NH2+]CC)OC(C)=O)cc1. The van der Waals surface area contributed by atoms with Crippen molar-refractivity contribution in [2.45, 2.75) is 104 Å². The first kappa shape index (κ1) is 32.8. The van der Waals surface area contributed by atoms with Gasteiger partial charge in [-0.15, -0.1) is 0 Å². The molecule has 1 rings (SSSR count). The van der Waals surface area contributed by atoms with Gasteiger partial charge >= 0.3 is 14.6 Å². The number of nitrogens with two attached hydrogens (primary N) is 1. The highest BCUT2D eigenvalue weighted by Gasteiger charge is 2.17. The van der Waals surface area contributed by atoms with Crippen LogP contribution in [0, 0.1) is 0 Å². The van der Waals surface area contributed by atoms with E-state index in [0.29, 0.717) is 12.4 Å². The number of rotatable bonds is 24. The molecule has 0 fully saturated rings. The van der Waals surface area contributed by atoms with Gasteiger partial charge in [-0.2, -0.15) is 0 Å². The highest BCUT2D eigenvalue weighted by molar-refractivity contribution is 7.40. The Balaban J connectivity index is 2.22. The molecule has 2 atom stereocenters. The van der Waals surface area contributed by atoms with E-state index in [1.807, 2.05) is 12.1 Å². The molecule has 0 saturated heterocycles. The predicted octanol–water partition coefficient (Wildman–Crippen LogP) is 5.69. The van der Waals surface area contributed by atoms with Crippen molar-refractivity contribution >= 4 is 14.6 Å². The van der Waals surface area contributed by atoms with E-state index in [0.717, 1.165) is 25.9 Å². The third-order valence-corrected chi connectivity index (χ3v) is 6.70. The van der Waals surface area contributed by atoms with Crippen LogP contribution in [0.5, 0.6) is 5.75 Å². The maximum Gasteiger partial charge on any atom is 0.329 e. The molecule has 1 aromatic rings. The molecule has 0 radical (unpaired) electrons. The summed E-state index contributed by atoms with van der Waals surface area (Å²) in [5.41, 5.74) is 1.31. The van der Waals surface area contributed by atoms with Gasteiger partial charge in [-0.1, -0.05) is 76.8 Å². The maximum atomic E-state index is 11.4. The first-order chi connectivity index (χ1) is 17.5. The lowest BCUT2D eigenvalue weighted by Gasteiger charge is -2.19. The van der Waals surface area contributed by atoms with Crippen molar-refractivity contribution in [1.82, 2.24) is 0 Å². The zero-order valence-corrected chi connectivity index (χ0v) is 23.8. The number of ether oxygens (including phenoxy) is 2. The number of quaternary nitrogens is 1. The fourth-order valence-electron chi connectivity index (χ4n) is 3.87. The van der Waals surface area contributed by atoms with E-state index in [-0.39, 0.29) is 13.2 Å². The van der Waals surface area contributed by atoms with Crippen LogP contribution in [-0.2, 0) is 25.0 Å². The van der Waals surface area contributed by atoms with Crippen LogP contribution in [0.15, 0.2) is 24.3 Å². The molecular formula is C28H51NO6P+. The molecule has 0 aliphatic heterocycles. The summed E-state index contributed by atoms with van der Waals surface area (Å²) in [5, 5.41) is 2.17. The lowest BCUT2D eigenvalue weighted by molar-refractivity contribution is -0.652. The van der Waals surface area contributed by atoms with Crippen LogP contribution < -0.4 is 10.1 Å². The van der Waals surface area contributed by atoms with Gasteiger partial charge in [0.05, 0.1) is 26.3 Å². The summed E-state index contributed by atoms with van der Waals surface area (Å²) in [6.45, 7) is 8.26. The number of carbonyl (C=O) groups excluding carboxylic acids is 1. The molecule has 36 heavy (non-hydrogen) atoms. The monoisotopic (exact) mass is 528 g/mol. The maximum absolute atomic E-state index is 11.4. The third-order valence-electron chi connectivity index (χ3n) is 5.92. The van der Waals surface area contributed by atoms with Gasteiger partial charge in [-0.05, 0) is 37.5 Å². The van der Waals surface area contributed by atoms with Crippen LogP contribution >= 0.6 is 8.60 Å². The Bertz CT molecular complexity index is 645. The molecule has 0 aliphatic carbocycles. The number of benzene rings is 1. The van der Waals surface area contributed by atoms with Crippen LogP contribution in [0.2, 0.25) is 0 Å². The first-order valence-electron chi connectivity index (χ1n) is 14.0. The summed E-state index contributed by atoms with van der Waals surface area (Å²) in [4.78, 5) is 21.3. The molecule has 3 N–H and O–H groups in total. The fourth-order valence-corrected chi connectivity index (χ4v) is 4.52. The third kappa shape index (κ3) is 18.9. The summed E-state index contributed by atoms with van der Waals surface area (Å²) in [6.07, 6.45) is 14.7. The summed E-state index contributed by atoms with van der Waals surface area (Å²) in [6, 6.07) is 8.09. The molecule has 0 aromatic heterocycles. The Kier molecular flexibility index (Phi) is 20.9. The van der Waals surface area contributed by atoms with Gasteiger partial charge in [0.15, 0.2) is 6.10 Å². The Morgan fingerprint density at radius 3 is 2.14 bits per heavy atom. The number of hydrogen-bond donors (Lipinski definition) is 2. The average molecular weight is 529 g/mol. The van der Waals surface area contributed by atoms with E-state index >= 15 is 0 Å². The van der Waals surface area contributed by atoms with Gasteiger partial charge in [-0.3, -0.25) is 4.79 Å². The molecule has 7 nitrogen and oxygen atoms in total. The predicted molar refractivity (Wildman–Crippen MR) is 146 cm³/mol. The van der Waals surface area contributed by atoms with Gasteiger partial charge in [0.2, 0.25) is 0 Å². The standard InChI is InChI=1S/C28H50NO6P/c1-4-6-7-8-9-10-11-12-13-14-16-26-17-19-27(20-18-26)32-23-28(35-25(3)30)24-34-36(31)33-22-15-21-29-5-2/h17-20,28-29,31H,4-16,21-24H2,1-3H3/p+1. The molecule has 208 valence electrons. The quantitative estimate of drug-likeness (QED) is 0.102. The van der Waals surface area contributed by atoms with Crippen molar-refractivity contribution < 1.29 is 33.5 Å². The van der Waals surface area contributed by atoms with Gasteiger partial charge in [0.25, 0.3) is 0 Å². The first-order valence-corrected chi connectivity index (χ1v) is 15.1. The fraction of sp³-hybridized carbons (Fsp3) is 0.750. The molecule has 1 aromatic carbocycles. The Morgan fingerprint density at radius 1 is 0.889 bits per heavy atom. The number of unbranched alkanes of at least 4 members (excludes halogenated alkanes) is 9. The molecule has 2 unspecified atom stereocenters. The van der Waals surface area contributed by atoms with Gasteiger partial charge < -0.3 is 28.7 Å². The van der Waals surface area contributed by atoms with E-state index in [1.54, 1.807) is 0 Å². The van der Waals surface area contributed by atoms with Crippen LogP contribution in [0.1, 0.15) is 97.0 Å². The Labute approximate surface area is 220 Å². The van der Waals surface area contributed by atoms with Crippen LogP contribution in [-0.4, -0.2) is 49.9 Å². The van der Waals surface area contributed by atoms with E-state index in [1.165, 1.54) is 76.7 Å². The van der Waals surface area contributed by atoms with Gasteiger partial charge in [0.1, 0.15) is 12.4 Å². The average Bonchev–Trinajstić information content (AvgIpc) is 2.87. The van der Waals surface area contributed by atoms with Crippen molar-refractivity contribution in [1.29, 1.82) is 0 Å². The minimum absolute atomic E-state index is 0.0136. The van der Waals surface area contributed by atoms with Gasteiger partial charge in [0, 0.05) is 13.3 Å². The number of esters is 1. The lowest BCUT2D eigenvalue weighted by atomic mass is 10.0. The summed E-state index contributed by atoms with van der Waals surface area (Å²) >= 11 is 0. The zero-order chi connectivity index (χ0) is 26.3. The molecule has 0 spiro atoms. The normalized spacial score (nSPS) is 12.9. The number of hydrogen-bond acceptors (Lipinski definition) is 6. The number of carbonyl (C=O) groups is 1. The second-order valence-electron chi connectivity index (χ2n) is 9.32. The minimum Gasteiger partial charge on any atom is -0.490 e. The highest BCUT2D eigenvalue weighted by Crippen LogP contribution is 2.33. The molecular weight excluding hydrogens is 477 g/mol. The Hall–Kier alpha value is -1.24. The molecule has 0 saturated carbocycles. The van der Waals surface area contributed by atoms with E-state index < -0.39 is 20.7 Å². The minimum atomic E-state index is -2.00. The molecule has 0 heterocycles. The van der Waals surface area contributed by atoms with Crippen LogP contribution in [0.3, 0.4) is 0 Å². The summed E-state index contributed by atoms with van der Waals surface area (Å²) in [5.74, 6) is 0.297. The summed E-state index contributed by atoms with van der Waals surface area (Å²) in [7, 11) is -2.00. The van der Waals surface area contributed by atoms with Crippen molar-refractivity contribution in [3.8, 4) is 5.75 Å². The summed E-state index contributed by atoms with van der Waals surface area (Å²) < 4.78 is 21.7. The van der Waals surface area contributed by atoms with Crippen molar-refractivity contribution in [2.75, 3.05) is 32.9 Å². The topological polar surface area (TPSA) is 90.8 Å². The zero-order valence-electron chi connectivity index (χ0n) is 22.9. The Morgan fingerprint density at radius 2 is 1.53 bits per heavy atom. The van der Waals surface area contributed by atoms with Crippen molar-refractivity contribution in [2.24, 2.45) is 0 Å². The molecule has 8 heteroatoms. The van der Waals surface area contributed by atoms with E-state index in [2.05, 4.69) is 31.3 Å². The van der Waals surface area contributed by atoms with Crippen LogP contribution in [0.25, 0.3) is 0 Å². The second-order valence-corrected chi connectivity index (χ2v) is 10.3. The van der Waals surface area contributed by atoms with E-state index in [9.17, 15) is 9.69 Å². The lowest BCUT2D eigenvalue weighted by Crippen LogP contribution is -2.83. The van der Waals surface area contributed by atoms with Crippen molar-refractivity contribution in [3.05, 3.63) is 29.8 Å². The molecule has 0 bridgehead atoms. The smallest absolute Gasteiger partial charge is 0.329 e. The highest BCUT2D eigenvalue weighted by atomic mass is 31.2. The molecule has 0 aliphatic rings. The van der Waals surface area contributed by atoms with E-state index in [4.69, 9.17) is 18.5 Å². The van der Waals surface area contributed by atoms with Gasteiger partial charge in [-0.25, -0.2) is 0 Å². The number of aryl methyl sites for hydroxylation is 1. The molecule has 0 amide bonds.